The molecule has 0 unspecified atom stereocenters. The first kappa shape index (κ1) is 11.7. The first-order valence-electron chi connectivity index (χ1n) is 6.16. The third kappa shape index (κ3) is 2.05. The molecular weight excluding hydrogens is 244 g/mol. The van der Waals surface area contributed by atoms with Gasteiger partial charge >= 0.3 is 0 Å². The molecule has 0 N–H and O–H groups in total. The Labute approximate surface area is 110 Å². The Kier molecular flexibility index (Phi) is 2.70. The van der Waals surface area contributed by atoms with Crippen molar-refractivity contribution in [2.24, 2.45) is 0 Å². The van der Waals surface area contributed by atoms with Crippen LogP contribution in [0.5, 0.6) is 0 Å². The number of nitro groups is 1. The van der Waals surface area contributed by atoms with Gasteiger partial charge in [-0.15, -0.1) is 0 Å². The summed E-state index contributed by atoms with van der Waals surface area (Å²) in [5.41, 5.74) is 3.06. The van der Waals surface area contributed by atoms with Crippen molar-refractivity contribution in [1.29, 1.82) is 0 Å². The average Bonchev–Trinajstić information content (AvgIpc) is 2.85. The number of nitrogens with zero attached hydrogens (tertiary/aromatic N) is 4. The molecule has 0 spiro atoms. The lowest BCUT2D eigenvalue weighted by molar-refractivity contribution is -0.385. The molecule has 1 aliphatic heterocycles. The summed E-state index contributed by atoms with van der Waals surface area (Å²) in [5, 5.41) is 15.1. The summed E-state index contributed by atoms with van der Waals surface area (Å²) >= 11 is 0. The summed E-state index contributed by atoms with van der Waals surface area (Å²) in [6, 6.07) is 7.28. The molecule has 1 aromatic carbocycles. The van der Waals surface area contributed by atoms with Gasteiger partial charge in [-0.1, -0.05) is 0 Å². The third-order valence-electron chi connectivity index (χ3n) is 3.48. The SMILES string of the molecule is Cc1cc(N2CCn3nccc3C2)ccc1[N+](=O)[O-]. The summed E-state index contributed by atoms with van der Waals surface area (Å²) in [4.78, 5) is 12.7. The molecule has 0 amide bonds. The normalized spacial score (nSPS) is 14.3. The molecule has 2 aromatic rings. The molecule has 0 saturated carbocycles. The predicted octanol–water partition coefficient (Wildman–Crippen LogP) is 2.12. The van der Waals surface area contributed by atoms with Crippen LogP contribution in [0.25, 0.3) is 0 Å². The molecule has 0 saturated heterocycles. The van der Waals surface area contributed by atoms with Crippen molar-refractivity contribution in [2.45, 2.75) is 20.0 Å². The van der Waals surface area contributed by atoms with Crippen LogP contribution in [0.2, 0.25) is 0 Å². The minimum Gasteiger partial charge on any atom is -0.364 e. The van der Waals surface area contributed by atoms with Crippen LogP contribution in [0.15, 0.2) is 30.5 Å². The molecule has 1 aliphatic rings. The van der Waals surface area contributed by atoms with Gasteiger partial charge in [0.05, 0.1) is 23.7 Å². The van der Waals surface area contributed by atoms with E-state index in [1.54, 1.807) is 19.2 Å². The summed E-state index contributed by atoms with van der Waals surface area (Å²) < 4.78 is 1.99. The molecule has 0 fully saturated rings. The van der Waals surface area contributed by atoms with E-state index < -0.39 is 0 Å². The minimum atomic E-state index is -0.343. The van der Waals surface area contributed by atoms with Crippen LogP contribution in [0, 0.1) is 17.0 Å². The van der Waals surface area contributed by atoms with Gasteiger partial charge in [0.1, 0.15) is 0 Å². The Morgan fingerprint density at radius 3 is 2.89 bits per heavy atom. The Balaban J connectivity index is 1.88. The maximum absolute atomic E-state index is 10.8. The Bertz CT molecular complexity index is 635. The van der Waals surface area contributed by atoms with Crippen molar-refractivity contribution < 1.29 is 4.92 Å². The highest BCUT2D eigenvalue weighted by Gasteiger charge is 2.18. The lowest BCUT2D eigenvalue weighted by Gasteiger charge is -2.29. The number of hydrogen-bond acceptors (Lipinski definition) is 4. The van der Waals surface area contributed by atoms with Gasteiger partial charge in [-0.3, -0.25) is 14.8 Å². The topological polar surface area (TPSA) is 64.2 Å². The van der Waals surface area contributed by atoms with Crippen molar-refractivity contribution >= 4 is 11.4 Å². The van der Waals surface area contributed by atoms with Gasteiger partial charge in [0.15, 0.2) is 0 Å². The molecule has 0 radical (unpaired) electrons. The second kappa shape index (κ2) is 4.38. The maximum atomic E-state index is 10.8. The quantitative estimate of drug-likeness (QED) is 0.611. The van der Waals surface area contributed by atoms with E-state index in [0.29, 0.717) is 5.56 Å². The van der Waals surface area contributed by atoms with Gasteiger partial charge in [0.2, 0.25) is 0 Å². The Morgan fingerprint density at radius 1 is 1.32 bits per heavy atom. The number of fused-ring (bicyclic) bond motifs is 1. The first-order chi connectivity index (χ1) is 9.15. The van der Waals surface area contributed by atoms with Crippen molar-refractivity contribution in [3.63, 3.8) is 0 Å². The van der Waals surface area contributed by atoms with Crippen LogP contribution in [0.4, 0.5) is 11.4 Å². The summed E-state index contributed by atoms with van der Waals surface area (Å²) in [7, 11) is 0. The van der Waals surface area contributed by atoms with Crippen molar-refractivity contribution in [2.75, 3.05) is 11.4 Å². The maximum Gasteiger partial charge on any atom is 0.272 e. The molecule has 19 heavy (non-hydrogen) atoms. The molecule has 98 valence electrons. The summed E-state index contributed by atoms with van der Waals surface area (Å²) in [5.74, 6) is 0. The molecule has 3 rings (SSSR count). The molecule has 0 bridgehead atoms. The fourth-order valence-corrected chi connectivity index (χ4v) is 2.45. The zero-order valence-corrected chi connectivity index (χ0v) is 10.6. The van der Waals surface area contributed by atoms with Crippen molar-refractivity contribution in [3.05, 3.63) is 51.8 Å². The number of anilines is 1. The van der Waals surface area contributed by atoms with E-state index in [1.807, 2.05) is 22.9 Å². The number of aromatic nitrogens is 2. The monoisotopic (exact) mass is 258 g/mol. The molecule has 1 aromatic heterocycles. The third-order valence-corrected chi connectivity index (χ3v) is 3.48. The number of nitro benzene ring substituents is 1. The van der Waals surface area contributed by atoms with Gasteiger partial charge in [-0.25, -0.2) is 0 Å². The van der Waals surface area contributed by atoms with Crippen LogP contribution in [-0.4, -0.2) is 21.2 Å². The average molecular weight is 258 g/mol. The van der Waals surface area contributed by atoms with E-state index in [2.05, 4.69) is 10.00 Å². The lowest BCUT2D eigenvalue weighted by atomic mass is 10.1. The fraction of sp³-hybridized carbons (Fsp3) is 0.308. The van der Waals surface area contributed by atoms with E-state index in [0.717, 1.165) is 25.3 Å². The number of hydrogen-bond donors (Lipinski definition) is 0. The van der Waals surface area contributed by atoms with E-state index in [1.165, 1.54) is 5.69 Å². The molecule has 0 atom stereocenters. The van der Waals surface area contributed by atoms with E-state index in [9.17, 15) is 10.1 Å². The number of benzene rings is 1. The van der Waals surface area contributed by atoms with Crippen molar-refractivity contribution in [3.8, 4) is 0 Å². The largest absolute Gasteiger partial charge is 0.364 e. The zero-order chi connectivity index (χ0) is 13.4. The number of rotatable bonds is 2. The second-order valence-corrected chi connectivity index (χ2v) is 4.70. The van der Waals surface area contributed by atoms with Gasteiger partial charge in [0, 0.05) is 30.1 Å². The van der Waals surface area contributed by atoms with E-state index >= 15 is 0 Å². The highest BCUT2D eigenvalue weighted by atomic mass is 16.6. The Hall–Kier alpha value is -2.37. The highest BCUT2D eigenvalue weighted by molar-refractivity contribution is 5.55. The van der Waals surface area contributed by atoms with Gasteiger partial charge < -0.3 is 4.90 Å². The standard InChI is InChI=1S/C13H14N4O2/c1-10-8-11(2-3-13(10)17(18)19)15-6-7-16-12(9-15)4-5-14-16/h2-5,8H,6-7,9H2,1H3. The van der Waals surface area contributed by atoms with Crippen LogP contribution >= 0.6 is 0 Å². The van der Waals surface area contributed by atoms with Crippen LogP contribution < -0.4 is 4.90 Å². The van der Waals surface area contributed by atoms with Crippen molar-refractivity contribution in [1.82, 2.24) is 9.78 Å². The van der Waals surface area contributed by atoms with E-state index in [4.69, 9.17) is 0 Å². The lowest BCUT2D eigenvalue weighted by Crippen LogP contribution is -2.33. The summed E-state index contributed by atoms with van der Waals surface area (Å²) in [6.07, 6.45) is 1.81. The molecule has 6 nitrogen and oxygen atoms in total. The van der Waals surface area contributed by atoms with Gasteiger partial charge in [-0.2, -0.15) is 5.10 Å². The molecule has 2 heterocycles. The van der Waals surface area contributed by atoms with Crippen LogP contribution in [-0.2, 0) is 13.1 Å². The van der Waals surface area contributed by atoms with Crippen LogP contribution in [0.1, 0.15) is 11.3 Å². The predicted molar refractivity (Wildman–Crippen MR) is 71.1 cm³/mol. The van der Waals surface area contributed by atoms with Gasteiger partial charge in [-0.05, 0) is 25.1 Å². The first-order valence-corrected chi connectivity index (χ1v) is 6.16. The second-order valence-electron chi connectivity index (χ2n) is 4.70. The summed E-state index contributed by atoms with van der Waals surface area (Å²) in [6.45, 7) is 4.28. The fourth-order valence-electron chi connectivity index (χ4n) is 2.45. The minimum absolute atomic E-state index is 0.172. The van der Waals surface area contributed by atoms with Crippen LogP contribution in [0.3, 0.4) is 0 Å². The highest BCUT2D eigenvalue weighted by Crippen LogP contribution is 2.26. The molecule has 0 aliphatic carbocycles. The van der Waals surface area contributed by atoms with Gasteiger partial charge in [0.25, 0.3) is 5.69 Å². The molecule has 6 heteroatoms. The molecular formula is C13H14N4O2. The number of aryl methyl sites for hydroxylation is 1. The van der Waals surface area contributed by atoms with E-state index in [-0.39, 0.29) is 10.6 Å². The Morgan fingerprint density at radius 2 is 2.16 bits per heavy atom. The zero-order valence-electron chi connectivity index (χ0n) is 10.6. The smallest absolute Gasteiger partial charge is 0.272 e.